The van der Waals surface area contributed by atoms with Crippen LogP contribution in [0.5, 0.6) is 0 Å². The highest BCUT2D eigenvalue weighted by Crippen LogP contribution is 2.30. The second kappa shape index (κ2) is 4.80. The summed E-state index contributed by atoms with van der Waals surface area (Å²) >= 11 is 5.09. The molecule has 1 fully saturated rings. The molecule has 0 aliphatic carbocycles. The number of piperidine rings is 1. The van der Waals surface area contributed by atoms with Crippen molar-refractivity contribution in [3.05, 3.63) is 9.98 Å². The molecule has 0 amide bonds. The van der Waals surface area contributed by atoms with E-state index in [2.05, 4.69) is 32.7 Å². The average molecular weight is 290 g/mol. The molecule has 1 aromatic heterocycles. The van der Waals surface area contributed by atoms with Crippen LogP contribution in [0.15, 0.2) is 9.98 Å². The Morgan fingerprint density at radius 1 is 1.73 bits per heavy atom. The quantitative estimate of drug-likeness (QED) is 0.909. The number of thiazole rings is 1. The van der Waals surface area contributed by atoms with E-state index >= 15 is 0 Å². The zero-order valence-corrected chi connectivity index (χ0v) is 11.2. The van der Waals surface area contributed by atoms with Crippen LogP contribution in [0.4, 0.5) is 5.13 Å². The van der Waals surface area contributed by atoms with Gasteiger partial charge in [-0.3, -0.25) is 0 Å². The van der Waals surface area contributed by atoms with Gasteiger partial charge in [-0.25, -0.2) is 4.98 Å². The standard InChI is InChI=1S/C10H16BrN3S/c1-7-2-3-14(5-8(7)4-12)10-13-9(11)6-15-10/h6-8H,2-5,12H2,1H3. The van der Waals surface area contributed by atoms with E-state index in [1.165, 1.54) is 6.42 Å². The molecule has 0 spiro atoms. The minimum absolute atomic E-state index is 0.612. The Kier molecular flexibility index (Phi) is 3.64. The SMILES string of the molecule is CC1CCN(c2nc(Br)cs2)CC1CN. The number of anilines is 1. The summed E-state index contributed by atoms with van der Waals surface area (Å²) in [6, 6.07) is 0. The smallest absolute Gasteiger partial charge is 0.186 e. The first-order valence-electron chi connectivity index (χ1n) is 5.26. The molecule has 84 valence electrons. The highest BCUT2D eigenvalue weighted by Gasteiger charge is 2.26. The third kappa shape index (κ3) is 2.52. The first-order valence-corrected chi connectivity index (χ1v) is 6.94. The molecule has 0 bridgehead atoms. The summed E-state index contributed by atoms with van der Waals surface area (Å²) in [4.78, 5) is 6.80. The molecule has 2 N–H and O–H groups in total. The topological polar surface area (TPSA) is 42.2 Å². The second-order valence-electron chi connectivity index (χ2n) is 4.16. The van der Waals surface area contributed by atoms with Crippen LogP contribution in [0.1, 0.15) is 13.3 Å². The Balaban J connectivity index is 2.06. The van der Waals surface area contributed by atoms with Crippen molar-refractivity contribution in [2.24, 2.45) is 17.6 Å². The predicted molar refractivity (Wildman–Crippen MR) is 68.4 cm³/mol. The summed E-state index contributed by atoms with van der Waals surface area (Å²) in [5.41, 5.74) is 5.79. The zero-order chi connectivity index (χ0) is 10.8. The second-order valence-corrected chi connectivity index (χ2v) is 5.81. The lowest BCUT2D eigenvalue weighted by atomic mass is 9.87. The van der Waals surface area contributed by atoms with E-state index in [1.54, 1.807) is 11.3 Å². The third-order valence-corrected chi connectivity index (χ3v) is 4.76. The normalized spacial score (nSPS) is 27.0. The van der Waals surface area contributed by atoms with Crippen molar-refractivity contribution in [1.82, 2.24) is 4.98 Å². The molecule has 0 saturated carbocycles. The van der Waals surface area contributed by atoms with Crippen LogP contribution in [-0.4, -0.2) is 24.6 Å². The highest BCUT2D eigenvalue weighted by atomic mass is 79.9. The molecule has 1 aliphatic rings. The zero-order valence-electron chi connectivity index (χ0n) is 8.82. The van der Waals surface area contributed by atoms with Crippen molar-refractivity contribution in [2.45, 2.75) is 13.3 Å². The molecule has 15 heavy (non-hydrogen) atoms. The van der Waals surface area contributed by atoms with Crippen molar-refractivity contribution in [1.29, 1.82) is 0 Å². The van der Waals surface area contributed by atoms with Gasteiger partial charge in [0, 0.05) is 18.5 Å². The predicted octanol–water partition coefficient (Wildman–Crippen LogP) is 2.33. The molecule has 3 nitrogen and oxygen atoms in total. The minimum atomic E-state index is 0.612. The van der Waals surface area contributed by atoms with E-state index in [0.29, 0.717) is 5.92 Å². The first kappa shape index (κ1) is 11.4. The van der Waals surface area contributed by atoms with Crippen LogP contribution in [0.2, 0.25) is 0 Å². The Labute approximate surface area is 103 Å². The Bertz CT molecular complexity index is 328. The lowest BCUT2D eigenvalue weighted by Crippen LogP contribution is -2.42. The maximum absolute atomic E-state index is 5.79. The number of halogens is 1. The van der Waals surface area contributed by atoms with Crippen molar-refractivity contribution in [2.75, 3.05) is 24.5 Å². The molecule has 2 unspecified atom stereocenters. The van der Waals surface area contributed by atoms with Gasteiger partial charge in [0.25, 0.3) is 0 Å². The molecule has 1 aromatic rings. The van der Waals surface area contributed by atoms with Crippen LogP contribution in [0, 0.1) is 11.8 Å². The van der Waals surface area contributed by atoms with Gasteiger partial charge in [-0.15, -0.1) is 11.3 Å². The van der Waals surface area contributed by atoms with Gasteiger partial charge in [-0.2, -0.15) is 0 Å². The van der Waals surface area contributed by atoms with Crippen molar-refractivity contribution >= 4 is 32.4 Å². The summed E-state index contributed by atoms with van der Waals surface area (Å²) in [5, 5.41) is 3.15. The highest BCUT2D eigenvalue weighted by molar-refractivity contribution is 9.10. The first-order chi connectivity index (χ1) is 7.20. The van der Waals surface area contributed by atoms with E-state index in [9.17, 15) is 0 Å². The van der Waals surface area contributed by atoms with Gasteiger partial charge in [0.15, 0.2) is 5.13 Å². The number of aromatic nitrogens is 1. The van der Waals surface area contributed by atoms with Crippen LogP contribution >= 0.6 is 27.3 Å². The van der Waals surface area contributed by atoms with Gasteiger partial charge in [-0.1, -0.05) is 6.92 Å². The van der Waals surface area contributed by atoms with Gasteiger partial charge in [0.2, 0.25) is 0 Å². The summed E-state index contributed by atoms with van der Waals surface area (Å²) in [6.07, 6.45) is 1.22. The number of rotatable bonds is 2. The van der Waals surface area contributed by atoms with Gasteiger partial charge in [-0.05, 0) is 40.7 Å². The van der Waals surface area contributed by atoms with E-state index in [-0.39, 0.29) is 0 Å². The van der Waals surface area contributed by atoms with Crippen molar-refractivity contribution < 1.29 is 0 Å². The lowest BCUT2D eigenvalue weighted by molar-refractivity contribution is 0.307. The van der Waals surface area contributed by atoms with E-state index in [0.717, 1.165) is 35.3 Å². The molecular weight excluding hydrogens is 274 g/mol. The largest absolute Gasteiger partial charge is 0.348 e. The van der Waals surface area contributed by atoms with Crippen LogP contribution in [0.3, 0.4) is 0 Å². The number of nitrogens with two attached hydrogens (primary N) is 1. The summed E-state index contributed by atoms with van der Waals surface area (Å²) in [5.74, 6) is 1.36. The Morgan fingerprint density at radius 2 is 2.53 bits per heavy atom. The Morgan fingerprint density at radius 3 is 3.13 bits per heavy atom. The fourth-order valence-electron chi connectivity index (χ4n) is 2.02. The van der Waals surface area contributed by atoms with Crippen molar-refractivity contribution in [3.63, 3.8) is 0 Å². The van der Waals surface area contributed by atoms with Crippen LogP contribution < -0.4 is 10.6 Å². The molecule has 0 radical (unpaired) electrons. The molecule has 0 aromatic carbocycles. The van der Waals surface area contributed by atoms with Crippen LogP contribution in [0.25, 0.3) is 0 Å². The number of hydrogen-bond acceptors (Lipinski definition) is 4. The van der Waals surface area contributed by atoms with E-state index in [1.807, 2.05) is 5.38 Å². The molecule has 2 heterocycles. The molecular formula is C10H16BrN3S. The third-order valence-electron chi connectivity index (χ3n) is 3.15. The van der Waals surface area contributed by atoms with Crippen molar-refractivity contribution in [3.8, 4) is 0 Å². The van der Waals surface area contributed by atoms with Crippen LogP contribution in [-0.2, 0) is 0 Å². The molecule has 5 heteroatoms. The number of hydrogen-bond donors (Lipinski definition) is 1. The van der Waals surface area contributed by atoms with Gasteiger partial charge in [0.05, 0.1) is 0 Å². The molecule has 2 rings (SSSR count). The van der Waals surface area contributed by atoms with Gasteiger partial charge < -0.3 is 10.6 Å². The maximum Gasteiger partial charge on any atom is 0.186 e. The van der Waals surface area contributed by atoms with Gasteiger partial charge in [0.1, 0.15) is 4.60 Å². The number of nitrogens with zero attached hydrogens (tertiary/aromatic N) is 2. The molecule has 1 aliphatic heterocycles. The monoisotopic (exact) mass is 289 g/mol. The molecule has 1 saturated heterocycles. The minimum Gasteiger partial charge on any atom is -0.348 e. The summed E-state index contributed by atoms with van der Waals surface area (Å²) in [6.45, 7) is 5.24. The summed E-state index contributed by atoms with van der Waals surface area (Å²) in [7, 11) is 0. The molecule has 2 atom stereocenters. The lowest BCUT2D eigenvalue weighted by Gasteiger charge is -2.36. The fraction of sp³-hybridized carbons (Fsp3) is 0.700. The Hall–Kier alpha value is -0.130. The van der Waals surface area contributed by atoms with E-state index < -0.39 is 0 Å². The summed E-state index contributed by atoms with van der Waals surface area (Å²) < 4.78 is 0.936. The van der Waals surface area contributed by atoms with Gasteiger partial charge >= 0.3 is 0 Å². The maximum atomic E-state index is 5.79. The van der Waals surface area contributed by atoms with E-state index in [4.69, 9.17) is 5.73 Å². The fourth-order valence-corrected chi connectivity index (χ4v) is 3.31. The average Bonchev–Trinajstić information content (AvgIpc) is 2.66.